The van der Waals surface area contributed by atoms with Crippen LogP contribution >= 0.6 is 11.6 Å². The van der Waals surface area contributed by atoms with Crippen LogP contribution in [-0.4, -0.2) is 11.2 Å². The second-order valence-corrected chi connectivity index (χ2v) is 4.24. The zero-order valence-electron chi connectivity index (χ0n) is 10.2. The van der Waals surface area contributed by atoms with Crippen molar-refractivity contribution in [3.05, 3.63) is 52.9 Å². The topological polar surface area (TPSA) is 67.2 Å². The van der Waals surface area contributed by atoms with E-state index in [-0.39, 0.29) is 0 Å². The zero-order chi connectivity index (χ0) is 13.7. The molecule has 2 amide bonds. The number of hydrogen-bond acceptors (Lipinski definition) is 3. The smallest absolute Gasteiger partial charge is 0.324 e. The van der Waals surface area contributed by atoms with Gasteiger partial charge >= 0.3 is 6.03 Å². The van der Waals surface area contributed by atoms with E-state index in [0.717, 1.165) is 5.56 Å². The molecule has 1 aromatic heterocycles. The maximum absolute atomic E-state index is 11.5. The van der Waals surface area contributed by atoms with Gasteiger partial charge < -0.3 is 9.84 Å². The number of hydrogen-bond donors (Lipinski definition) is 2. The first-order chi connectivity index (χ1) is 9.13. The summed E-state index contributed by atoms with van der Waals surface area (Å²) in [5.41, 5.74) is 0.932. The van der Waals surface area contributed by atoms with E-state index in [1.807, 2.05) is 12.1 Å². The van der Waals surface area contributed by atoms with E-state index in [4.69, 9.17) is 16.1 Å². The first-order valence-electron chi connectivity index (χ1n) is 5.56. The molecule has 0 fully saturated rings. The molecule has 2 aromatic rings. The summed E-state index contributed by atoms with van der Waals surface area (Å²) in [4.78, 5) is 11.5. The highest BCUT2D eigenvalue weighted by molar-refractivity contribution is 6.30. The molecule has 0 aliphatic heterocycles. The molecule has 1 heterocycles. The number of carbonyl (C=O) groups is 1. The Hall–Kier alpha value is -2.27. The summed E-state index contributed by atoms with van der Waals surface area (Å²) in [5, 5.41) is 9.41. The summed E-state index contributed by atoms with van der Waals surface area (Å²) in [6.45, 7) is 1.75. The first kappa shape index (κ1) is 13.2. The maximum atomic E-state index is 11.5. The Morgan fingerprint density at radius 1 is 1.37 bits per heavy atom. The Morgan fingerprint density at radius 3 is 2.74 bits per heavy atom. The molecular weight excluding hydrogens is 266 g/mol. The lowest BCUT2D eigenvalue weighted by atomic mass is 10.2. The van der Waals surface area contributed by atoms with Gasteiger partial charge in [0.1, 0.15) is 5.76 Å². The predicted molar refractivity (Wildman–Crippen MR) is 73.9 cm³/mol. The second kappa shape index (κ2) is 6.06. The minimum absolute atomic E-state index is 0.370. The molecule has 0 unspecified atom stereocenters. The second-order valence-electron chi connectivity index (χ2n) is 3.81. The van der Waals surface area contributed by atoms with E-state index in [1.54, 1.807) is 31.2 Å². The molecule has 0 aliphatic rings. The molecule has 5 nitrogen and oxygen atoms in total. The van der Waals surface area contributed by atoms with Gasteiger partial charge in [-0.1, -0.05) is 28.9 Å². The number of nitrogens with zero attached hydrogens (tertiary/aromatic N) is 1. The third-order valence-electron chi connectivity index (χ3n) is 2.23. The van der Waals surface area contributed by atoms with Crippen LogP contribution in [0.25, 0.3) is 6.08 Å². The Morgan fingerprint density at radius 2 is 2.11 bits per heavy atom. The van der Waals surface area contributed by atoms with Gasteiger partial charge in [0.15, 0.2) is 5.82 Å². The van der Waals surface area contributed by atoms with Crippen molar-refractivity contribution in [3.63, 3.8) is 0 Å². The van der Waals surface area contributed by atoms with Crippen LogP contribution in [0.4, 0.5) is 10.6 Å². The number of rotatable bonds is 3. The molecule has 0 aliphatic carbocycles. The summed E-state index contributed by atoms with van der Waals surface area (Å²) in [6.07, 6.45) is 3.29. The number of amides is 2. The van der Waals surface area contributed by atoms with Crippen molar-refractivity contribution in [2.24, 2.45) is 0 Å². The molecule has 0 atom stereocenters. The van der Waals surface area contributed by atoms with Crippen LogP contribution in [0.5, 0.6) is 0 Å². The fourth-order valence-electron chi connectivity index (χ4n) is 1.37. The van der Waals surface area contributed by atoms with E-state index in [9.17, 15) is 4.79 Å². The number of anilines is 1. The third kappa shape index (κ3) is 4.15. The zero-order valence-corrected chi connectivity index (χ0v) is 10.9. The van der Waals surface area contributed by atoms with Gasteiger partial charge in [-0.2, -0.15) is 0 Å². The average Bonchev–Trinajstić information content (AvgIpc) is 2.77. The van der Waals surface area contributed by atoms with Crippen LogP contribution in [0.3, 0.4) is 0 Å². The number of aryl methyl sites for hydroxylation is 1. The van der Waals surface area contributed by atoms with Crippen LogP contribution in [0.2, 0.25) is 5.02 Å². The standard InChI is InChI=1S/C13H12ClN3O2/c1-9-8-12(17-19-9)16-13(18)15-7-6-10-2-4-11(14)5-3-10/h2-8H,1H3,(H2,15,16,17,18)/b7-6+. The van der Waals surface area contributed by atoms with E-state index in [1.165, 1.54) is 6.20 Å². The van der Waals surface area contributed by atoms with Crippen molar-refractivity contribution >= 4 is 29.5 Å². The fourth-order valence-corrected chi connectivity index (χ4v) is 1.49. The van der Waals surface area contributed by atoms with E-state index >= 15 is 0 Å². The van der Waals surface area contributed by atoms with Gasteiger partial charge in [-0.15, -0.1) is 0 Å². The third-order valence-corrected chi connectivity index (χ3v) is 2.48. The van der Waals surface area contributed by atoms with E-state index in [0.29, 0.717) is 16.6 Å². The number of halogens is 1. The summed E-state index contributed by atoms with van der Waals surface area (Å²) in [6, 6.07) is 8.48. The van der Waals surface area contributed by atoms with Gasteiger partial charge in [0.2, 0.25) is 0 Å². The molecule has 0 bridgehead atoms. The molecule has 1 aromatic carbocycles. The van der Waals surface area contributed by atoms with E-state index < -0.39 is 6.03 Å². The molecule has 0 radical (unpaired) electrons. The lowest BCUT2D eigenvalue weighted by Crippen LogP contribution is -2.23. The van der Waals surface area contributed by atoms with Crippen LogP contribution in [-0.2, 0) is 0 Å². The monoisotopic (exact) mass is 277 g/mol. The first-order valence-corrected chi connectivity index (χ1v) is 5.94. The fraction of sp³-hybridized carbons (Fsp3) is 0.0769. The lowest BCUT2D eigenvalue weighted by molar-refractivity contribution is 0.255. The quantitative estimate of drug-likeness (QED) is 0.903. The van der Waals surface area contributed by atoms with Crippen molar-refractivity contribution < 1.29 is 9.32 Å². The Balaban J connectivity index is 1.84. The van der Waals surface area contributed by atoms with Gasteiger partial charge in [0.05, 0.1) is 0 Å². The summed E-state index contributed by atoms with van der Waals surface area (Å²) < 4.78 is 4.83. The van der Waals surface area contributed by atoms with Gasteiger partial charge in [0.25, 0.3) is 0 Å². The highest BCUT2D eigenvalue weighted by atomic mass is 35.5. The number of nitrogens with one attached hydrogen (secondary N) is 2. The number of aromatic nitrogens is 1. The molecule has 0 saturated carbocycles. The minimum atomic E-state index is -0.390. The molecule has 0 saturated heterocycles. The van der Waals surface area contributed by atoms with Crippen LogP contribution in [0.15, 0.2) is 41.1 Å². The largest absolute Gasteiger partial charge is 0.360 e. The summed E-state index contributed by atoms with van der Waals surface area (Å²) >= 11 is 5.77. The highest BCUT2D eigenvalue weighted by Gasteiger charge is 2.03. The SMILES string of the molecule is Cc1cc(NC(=O)N/C=C/c2ccc(Cl)cc2)no1. The van der Waals surface area contributed by atoms with E-state index in [2.05, 4.69) is 15.8 Å². The van der Waals surface area contributed by atoms with Gasteiger partial charge in [0, 0.05) is 17.3 Å². The van der Waals surface area contributed by atoms with Crippen molar-refractivity contribution in [1.29, 1.82) is 0 Å². The molecular formula is C13H12ClN3O2. The molecule has 98 valence electrons. The predicted octanol–water partition coefficient (Wildman–Crippen LogP) is 3.43. The van der Waals surface area contributed by atoms with Gasteiger partial charge in [-0.05, 0) is 30.7 Å². The van der Waals surface area contributed by atoms with Crippen LogP contribution < -0.4 is 10.6 Å². The normalized spacial score (nSPS) is 10.6. The number of carbonyl (C=O) groups excluding carboxylic acids is 1. The van der Waals surface area contributed by atoms with Crippen molar-refractivity contribution in [2.45, 2.75) is 6.92 Å². The van der Waals surface area contributed by atoms with Gasteiger partial charge in [-0.3, -0.25) is 5.32 Å². The van der Waals surface area contributed by atoms with Crippen LogP contribution in [0.1, 0.15) is 11.3 Å². The lowest BCUT2D eigenvalue weighted by Gasteiger charge is -1.99. The average molecular weight is 278 g/mol. The summed E-state index contributed by atoms with van der Waals surface area (Å²) in [5.74, 6) is 1.00. The van der Waals surface area contributed by atoms with Crippen LogP contribution in [0, 0.1) is 6.92 Å². The molecule has 6 heteroatoms. The number of benzene rings is 1. The number of urea groups is 1. The molecule has 2 rings (SSSR count). The van der Waals surface area contributed by atoms with Crippen molar-refractivity contribution in [2.75, 3.05) is 5.32 Å². The highest BCUT2D eigenvalue weighted by Crippen LogP contribution is 2.10. The van der Waals surface area contributed by atoms with Crippen molar-refractivity contribution in [1.82, 2.24) is 10.5 Å². The molecule has 2 N–H and O–H groups in total. The Labute approximate surface area is 115 Å². The maximum Gasteiger partial charge on any atom is 0.324 e. The minimum Gasteiger partial charge on any atom is -0.360 e. The Kier molecular flexibility index (Phi) is 4.20. The van der Waals surface area contributed by atoms with Crippen molar-refractivity contribution in [3.8, 4) is 0 Å². The van der Waals surface area contributed by atoms with Gasteiger partial charge in [-0.25, -0.2) is 4.79 Å². The molecule has 0 spiro atoms. The molecule has 19 heavy (non-hydrogen) atoms. The Bertz CT molecular complexity index is 590. The summed E-state index contributed by atoms with van der Waals surface area (Å²) in [7, 11) is 0.